The molecule has 0 spiro atoms. The van der Waals surface area contributed by atoms with E-state index in [4.69, 9.17) is 29.3 Å². The van der Waals surface area contributed by atoms with Crippen LogP contribution in [0.2, 0.25) is 0 Å². The molecule has 1 heterocycles. The second-order valence-electron chi connectivity index (χ2n) is 6.10. The molecule has 0 aliphatic carbocycles. The smallest absolute Gasteiger partial charge is 0.228 e. The normalized spacial score (nSPS) is 18.5. The quantitative estimate of drug-likeness (QED) is 0.323. The molecular formula is C11H22O6. The van der Waals surface area contributed by atoms with Crippen molar-refractivity contribution in [1.82, 2.24) is 0 Å². The van der Waals surface area contributed by atoms with Crippen molar-refractivity contribution >= 4 is 0 Å². The van der Waals surface area contributed by atoms with Crippen LogP contribution in [0, 0.1) is 0 Å². The molecule has 6 nitrogen and oxygen atoms in total. The minimum Gasteiger partial charge on any atom is -0.228 e. The fourth-order valence-corrected chi connectivity index (χ4v) is 0.710. The van der Waals surface area contributed by atoms with Crippen LogP contribution >= 0.6 is 0 Å². The minimum absolute atomic E-state index is 0.471. The van der Waals surface area contributed by atoms with E-state index in [1.54, 1.807) is 6.92 Å². The molecule has 1 aliphatic heterocycles. The fraction of sp³-hybridized carbons (Fsp3) is 1.00. The zero-order valence-corrected chi connectivity index (χ0v) is 11.5. The van der Waals surface area contributed by atoms with Gasteiger partial charge in [0, 0.05) is 6.92 Å². The Morgan fingerprint density at radius 2 is 1.00 bits per heavy atom. The third-order valence-corrected chi connectivity index (χ3v) is 1.53. The molecule has 0 aromatic heterocycles. The topological polar surface area (TPSA) is 62.0 Å². The number of hydrogen-bond donors (Lipinski definition) is 0. The lowest BCUT2D eigenvalue weighted by atomic mass is 10.2. The molecule has 0 saturated carbocycles. The zero-order chi connectivity index (χ0) is 13.3. The van der Waals surface area contributed by atoms with Crippen LogP contribution in [0.15, 0.2) is 0 Å². The van der Waals surface area contributed by atoms with Crippen LogP contribution in [-0.4, -0.2) is 23.3 Å². The van der Waals surface area contributed by atoms with E-state index >= 15 is 0 Å². The monoisotopic (exact) mass is 250 g/mol. The predicted molar refractivity (Wildman–Crippen MR) is 58.2 cm³/mol. The minimum atomic E-state index is -1.26. The molecule has 0 radical (unpaired) electrons. The molecule has 0 atom stereocenters. The summed E-state index contributed by atoms with van der Waals surface area (Å²) in [5, 5.41) is 0. The Hall–Kier alpha value is -0.240. The van der Waals surface area contributed by atoms with E-state index in [9.17, 15) is 0 Å². The molecule has 1 saturated heterocycles. The van der Waals surface area contributed by atoms with Gasteiger partial charge in [-0.15, -0.1) is 0 Å². The van der Waals surface area contributed by atoms with Crippen molar-refractivity contribution in [1.29, 1.82) is 0 Å². The van der Waals surface area contributed by atoms with Gasteiger partial charge in [-0.3, -0.25) is 0 Å². The highest BCUT2D eigenvalue weighted by Crippen LogP contribution is 2.33. The maximum atomic E-state index is 5.22. The summed E-state index contributed by atoms with van der Waals surface area (Å²) < 4.78 is 0. The summed E-state index contributed by atoms with van der Waals surface area (Å²) in [6.45, 7) is 12.7. The lowest BCUT2D eigenvalue weighted by Crippen LogP contribution is -2.42. The first-order valence-electron chi connectivity index (χ1n) is 5.58. The molecule has 0 unspecified atom stereocenters. The van der Waals surface area contributed by atoms with Crippen LogP contribution < -0.4 is 0 Å². The van der Waals surface area contributed by atoms with Crippen LogP contribution in [0.3, 0.4) is 0 Å². The van der Waals surface area contributed by atoms with Crippen molar-refractivity contribution in [3.05, 3.63) is 0 Å². The largest absolute Gasteiger partial charge is 0.286 e. The second kappa shape index (κ2) is 4.79. The molecule has 0 aromatic carbocycles. The Labute approximate surface area is 102 Å². The summed E-state index contributed by atoms with van der Waals surface area (Å²) in [7, 11) is 0. The highest BCUT2D eigenvalue weighted by Gasteiger charge is 2.53. The number of rotatable bonds is 5. The highest BCUT2D eigenvalue weighted by atomic mass is 17.4. The van der Waals surface area contributed by atoms with Gasteiger partial charge in [-0.2, -0.15) is 19.6 Å². The standard InChI is InChI=1S/C11H22O6/c1-9(2,3)14-16-11(7,8-12-13-8)17-15-10(4,5)6/h8H,1-7H3. The molecule has 0 aromatic rings. The Morgan fingerprint density at radius 3 is 1.24 bits per heavy atom. The van der Waals surface area contributed by atoms with Gasteiger partial charge in [0.25, 0.3) is 12.1 Å². The first-order chi connectivity index (χ1) is 7.52. The average molecular weight is 250 g/mol. The van der Waals surface area contributed by atoms with Gasteiger partial charge in [0.1, 0.15) is 0 Å². The van der Waals surface area contributed by atoms with Gasteiger partial charge in [0.2, 0.25) is 0 Å². The van der Waals surface area contributed by atoms with Crippen molar-refractivity contribution in [3.63, 3.8) is 0 Å². The Kier molecular flexibility index (Phi) is 4.18. The second-order valence-corrected chi connectivity index (χ2v) is 6.10. The van der Waals surface area contributed by atoms with Gasteiger partial charge in [-0.05, 0) is 41.5 Å². The van der Waals surface area contributed by atoms with Gasteiger partial charge in [-0.1, -0.05) is 0 Å². The maximum absolute atomic E-state index is 5.22. The van der Waals surface area contributed by atoms with Crippen molar-refractivity contribution in [2.45, 2.75) is 71.7 Å². The van der Waals surface area contributed by atoms with Crippen LogP contribution in [0.1, 0.15) is 48.5 Å². The summed E-state index contributed by atoms with van der Waals surface area (Å²) in [5.74, 6) is -1.26. The van der Waals surface area contributed by atoms with Crippen molar-refractivity contribution in [3.8, 4) is 0 Å². The number of hydrogen-bond acceptors (Lipinski definition) is 6. The highest BCUT2D eigenvalue weighted by molar-refractivity contribution is 4.69. The van der Waals surface area contributed by atoms with Gasteiger partial charge in [0.15, 0.2) is 0 Å². The van der Waals surface area contributed by atoms with E-state index < -0.39 is 23.3 Å². The molecule has 102 valence electrons. The predicted octanol–water partition coefficient (Wildman–Crippen LogP) is 2.48. The Balaban J connectivity index is 2.51. The van der Waals surface area contributed by atoms with E-state index in [1.165, 1.54) is 0 Å². The molecule has 17 heavy (non-hydrogen) atoms. The van der Waals surface area contributed by atoms with E-state index in [-0.39, 0.29) is 0 Å². The Bertz CT molecular complexity index is 230. The van der Waals surface area contributed by atoms with Crippen LogP contribution in [0.5, 0.6) is 0 Å². The summed E-state index contributed by atoms with van der Waals surface area (Å²) in [6, 6.07) is 0. The van der Waals surface area contributed by atoms with E-state index in [0.717, 1.165) is 0 Å². The zero-order valence-electron chi connectivity index (χ0n) is 11.5. The molecule has 0 amide bonds. The molecule has 0 bridgehead atoms. The molecular weight excluding hydrogens is 228 g/mol. The SMILES string of the molecule is CC(C)(C)OOC(C)(OOC(C)(C)C)C1OO1. The molecule has 0 N–H and O–H groups in total. The van der Waals surface area contributed by atoms with Crippen molar-refractivity contribution in [2.24, 2.45) is 0 Å². The third-order valence-electron chi connectivity index (χ3n) is 1.53. The maximum Gasteiger partial charge on any atom is 0.286 e. The Morgan fingerprint density at radius 1 is 0.647 bits per heavy atom. The van der Waals surface area contributed by atoms with E-state index in [2.05, 4.69) is 0 Å². The molecule has 1 aliphatic rings. The fourth-order valence-electron chi connectivity index (χ4n) is 0.710. The van der Waals surface area contributed by atoms with Gasteiger partial charge >= 0.3 is 0 Å². The van der Waals surface area contributed by atoms with Gasteiger partial charge < -0.3 is 0 Å². The first-order valence-corrected chi connectivity index (χ1v) is 5.58. The van der Waals surface area contributed by atoms with Crippen molar-refractivity contribution < 1.29 is 29.3 Å². The summed E-state index contributed by atoms with van der Waals surface area (Å²) in [4.78, 5) is 30.2. The van der Waals surface area contributed by atoms with Crippen molar-refractivity contribution in [2.75, 3.05) is 0 Å². The summed E-state index contributed by atoms with van der Waals surface area (Å²) in [6.07, 6.45) is -0.660. The van der Waals surface area contributed by atoms with Crippen LogP contribution in [0.25, 0.3) is 0 Å². The van der Waals surface area contributed by atoms with Gasteiger partial charge in [-0.25, -0.2) is 9.78 Å². The van der Waals surface area contributed by atoms with E-state index in [0.29, 0.717) is 0 Å². The molecule has 6 heteroatoms. The molecule has 1 fully saturated rings. The molecule has 1 rings (SSSR count). The lowest BCUT2D eigenvalue weighted by molar-refractivity contribution is -0.540. The van der Waals surface area contributed by atoms with E-state index in [1.807, 2.05) is 41.5 Å². The first kappa shape index (κ1) is 14.8. The lowest BCUT2D eigenvalue weighted by Gasteiger charge is -2.30. The summed E-state index contributed by atoms with van der Waals surface area (Å²) >= 11 is 0. The summed E-state index contributed by atoms with van der Waals surface area (Å²) in [5.41, 5.74) is -0.942. The average Bonchev–Trinajstić information content (AvgIpc) is 2.92. The van der Waals surface area contributed by atoms with Crippen LogP contribution in [-0.2, 0) is 29.3 Å². The van der Waals surface area contributed by atoms with Crippen LogP contribution in [0.4, 0.5) is 0 Å². The van der Waals surface area contributed by atoms with Gasteiger partial charge in [0.05, 0.1) is 11.2 Å². The third kappa shape index (κ3) is 5.76.